The van der Waals surface area contributed by atoms with Gasteiger partial charge in [-0.1, -0.05) is 11.6 Å². The molecule has 0 amide bonds. The molecule has 7 nitrogen and oxygen atoms in total. The summed E-state index contributed by atoms with van der Waals surface area (Å²) in [4.78, 5) is 22.0. The summed E-state index contributed by atoms with van der Waals surface area (Å²) >= 11 is 5.72. The van der Waals surface area contributed by atoms with E-state index < -0.39 is 27.7 Å². The second-order valence-corrected chi connectivity index (χ2v) is 6.29. The smallest absolute Gasteiger partial charge is 0.335 e. The zero-order valence-corrected chi connectivity index (χ0v) is 12.7. The minimum atomic E-state index is -3.81. The lowest BCUT2D eigenvalue weighted by atomic mass is 10.2. The van der Waals surface area contributed by atoms with Gasteiger partial charge in [0, 0.05) is 5.02 Å². The van der Waals surface area contributed by atoms with Gasteiger partial charge in [0.05, 0.1) is 30.0 Å². The number of rotatable bonds is 7. The maximum atomic E-state index is 11.8. The Labute approximate surface area is 126 Å². The summed E-state index contributed by atoms with van der Waals surface area (Å²) in [5.41, 5.74) is -0.130. The fourth-order valence-electron chi connectivity index (χ4n) is 1.45. The molecule has 0 aliphatic heterocycles. The highest BCUT2D eigenvalue weighted by molar-refractivity contribution is 7.92. The van der Waals surface area contributed by atoms with Crippen molar-refractivity contribution in [1.82, 2.24) is 0 Å². The molecule has 0 spiro atoms. The molecule has 0 heterocycles. The number of nitrogens with one attached hydrogen (secondary N) is 1. The summed E-state index contributed by atoms with van der Waals surface area (Å²) in [6, 6.07) is 3.60. The van der Waals surface area contributed by atoms with E-state index in [1.54, 1.807) is 6.92 Å². The molecule has 0 aromatic heterocycles. The van der Waals surface area contributed by atoms with E-state index in [0.29, 0.717) is 0 Å². The van der Waals surface area contributed by atoms with E-state index in [9.17, 15) is 18.0 Å². The van der Waals surface area contributed by atoms with Crippen LogP contribution >= 0.6 is 11.6 Å². The predicted octanol–water partition coefficient (Wildman–Crippen LogP) is 1.73. The van der Waals surface area contributed by atoms with E-state index >= 15 is 0 Å². The van der Waals surface area contributed by atoms with Gasteiger partial charge in [0.1, 0.15) is 0 Å². The van der Waals surface area contributed by atoms with Crippen LogP contribution in [0.25, 0.3) is 0 Å². The number of ether oxygens (including phenoxy) is 1. The molecule has 0 bridgehead atoms. The van der Waals surface area contributed by atoms with E-state index in [2.05, 4.69) is 9.46 Å². The number of carboxylic acid groups (broad SMARTS) is 1. The maximum Gasteiger partial charge on any atom is 0.335 e. The third-order valence-electron chi connectivity index (χ3n) is 2.30. The quantitative estimate of drug-likeness (QED) is 0.734. The zero-order chi connectivity index (χ0) is 16.0. The summed E-state index contributed by atoms with van der Waals surface area (Å²) in [6.07, 6.45) is -0.296. The summed E-state index contributed by atoms with van der Waals surface area (Å²) in [5.74, 6) is -2.33. The standard InChI is InChI=1S/C12H14ClNO6S/c1-2-20-11(15)3-4-21(18,19)14-10-6-8(12(16)17)5-9(13)7-10/h5-7,14H,2-4H2,1H3,(H,16,17). The van der Waals surface area contributed by atoms with Crippen LogP contribution in [-0.2, 0) is 19.6 Å². The molecule has 1 rings (SSSR count). The molecule has 0 saturated carbocycles. The molecular weight excluding hydrogens is 322 g/mol. The molecule has 9 heteroatoms. The fourth-order valence-corrected chi connectivity index (χ4v) is 2.70. The Kier molecular flexibility index (Phi) is 5.98. The van der Waals surface area contributed by atoms with Crippen molar-refractivity contribution in [3.8, 4) is 0 Å². The monoisotopic (exact) mass is 335 g/mol. The Balaban J connectivity index is 2.80. The highest BCUT2D eigenvalue weighted by Crippen LogP contribution is 2.20. The highest BCUT2D eigenvalue weighted by Gasteiger charge is 2.15. The van der Waals surface area contributed by atoms with Crippen LogP contribution in [0.2, 0.25) is 5.02 Å². The number of sulfonamides is 1. The van der Waals surface area contributed by atoms with Crippen molar-refractivity contribution in [2.24, 2.45) is 0 Å². The van der Waals surface area contributed by atoms with Crippen LogP contribution in [0.4, 0.5) is 5.69 Å². The third kappa shape index (κ3) is 6.01. The van der Waals surface area contributed by atoms with Crippen LogP contribution < -0.4 is 4.72 Å². The highest BCUT2D eigenvalue weighted by atomic mass is 35.5. The molecule has 116 valence electrons. The molecule has 0 aliphatic carbocycles. The Bertz CT molecular complexity index is 643. The van der Waals surface area contributed by atoms with E-state index in [1.807, 2.05) is 0 Å². The van der Waals surface area contributed by atoms with Crippen LogP contribution in [-0.4, -0.2) is 37.8 Å². The second-order valence-electron chi connectivity index (χ2n) is 4.01. The van der Waals surface area contributed by atoms with Gasteiger partial charge in [-0.25, -0.2) is 13.2 Å². The lowest BCUT2D eigenvalue weighted by Gasteiger charge is -2.09. The number of halogens is 1. The molecule has 0 atom stereocenters. The van der Waals surface area contributed by atoms with Gasteiger partial charge in [0.15, 0.2) is 0 Å². The second kappa shape index (κ2) is 7.28. The minimum absolute atomic E-state index is 0.0174. The van der Waals surface area contributed by atoms with E-state index in [4.69, 9.17) is 16.7 Å². The normalized spacial score (nSPS) is 11.0. The van der Waals surface area contributed by atoms with E-state index in [0.717, 1.165) is 6.07 Å². The average Bonchev–Trinajstić information content (AvgIpc) is 2.35. The molecular formula is C12H14ClNO6S. The van der Waals surface area contributed by atoms with Crippen LogP contribution in [0.5, 0.6) is 0 Å². The van der Waals surface area contributed by atoms with Gasteiger partial charge < -0.3 is 9.84 Å². The summed E-state index contributed by atoms with van der Waals surface area (Å²) < 4.78 is 30.4. The van der Waals surface area contributed by atoms with Gasteiger partial charge in [-0.05, 0) is 25.1 Å². The van der Waals surface area contributed by atoms with Gasteiger partial charge in [-0.15, -0.1) is 0 Å². The van der Waals surface area contributed by atoms with Crippen LogP contribution in [0, 0.1) is 0 Å². The number of carbonyl (C=O) groups excluding carboxylic acids is 1. The maximum absolute atomic E-state index is 11.8. The molecule has 0 aliphatic rings. The van der Waals surface area contributed by atoms with Crippen molar-refractivity contribution in [3.63, 3.8) is 0 Å². The first-order chi connectivity index (χ1) is 9.73. The van der Waals surface area contributed by atoms with Crippen molar-refractivity contribution >= 4 is 39.3 Å². The number of esters is 1. The van der Waals surface area contributed by atoms with Gasteiger partial charge >= 0.3 is 11.9 Å². The number of carboxylic acids is 1. The van der Waals surface area contributed by atoms with Crippen LogP contribution in [0.15, 0.2) is 18.2 Å². The first-order valence-electron chi connectivity index (χ1n) is 5.93. The first kappa shape index (κ1) is 17.3. The topological polar surface area (TPSA) is 110 Å². The molecule has 0 fully saturated rings. The lowest BCUT2D eigenvalue weighted by Crippen LogP contribution is -2.20. The summed E-state index contributed by atoms with van der Waals surface area (Å²) in [6.45, 7) is 1.78. The molecule has 0 unspecified atom stereocenters. The minimum Gasteiger partial charge on any atom is -0.478 e. The van der Waals surface area contributed by atoms with Crippen molar-refractivity contribution in [1.29, 1.82) is 0 Å². The van der Waals surface area contributed by atoms with Gasteiger partial charge in [-0.2, -0.15) is 0 Å². The molecule has 0 radical (unpaired) electrons. The van der Waals surface area contributed by atoms with Gasteiger partial charge in [0.25, 0.3) is 0 Å². The summed E-state index contributed by atoms with van der Waals surface area (Å²) in [5, 5.41) is 8.95. The predicted molar refractivity (Wildman–Crippen MR) is 77.1 cm³/mol. The zero-order valence-electron chi connectivity index (χ0n) is 11.1. The van der Waals surface area contributed by atoms with E-state index in [1.165, 1.54) is 12.1 Å². The Morgan fingerprint density at radius 2 is 2.00 bits per heavy atom. The Hall–Kier alpha value is -1.80. The number of aromatic carboxylic acids is 1. The largest absolute Gasteiger partial charge is 0.478 e. The van der Waals surface area contributed by atoms with Crippen molar-refractivity contribution in [2.45, 2.75) is 13.3 Å². The first-order valence-corrected chi connectivity index (χ1v) is 7.96. The number of hydrogen-bond donors (Lipinski definition) is 2. The van der Waals surface area contributed by atoms with Gasteiger partial charge in [-0.3, -0.25) is 9.52 Å². The lowest BCUT2D eigenvalue weighted by molar-refractivity contribution is -0.142. The Morgan fingerprint density at radius 1 is 1.33 bits per heavy atom. The van der Waals surface area contributed by atoms with Crippen molar-refractivity contribution < 1.29 is 27.9 Å². The number of anilines is 1. The number of hydrogen-bond acceptors (Lipinski definition) is 5. The fraction of sp³-hybridized carbons (Fsp3) is 0.333. The average molecular weight is 336 g/mol. The molecule has 1 aromatic carbocycles. The molecule has 0 saturated heterocycles. The summed E-state index contributed by atoms with van der Waals surface area (Å²) in [7, 11) is -3.81. The van der Waals surface area contributed by atoms with Crippen LogP contribution in [0.3, 0.4) is 0 Å². The number of carbonyl (C=O) groups is 2. The van der Waals surface area contributed by atoms with Crippen molar-refractivity contribution in [2.75, 3.05) is 17.1 Å². The molecule has 2 N–H and O–H groups in total. The van der Waals surface area contributed by atoms with Crippen molar-refractivity contribution in [3.05, 3.63) is 28.8 Å². The third-order valence-corrected chi connectivity index (χ3v) is 3.80. The Morgan fingerprint density at radius 3 is 2.57 bits per heavy atom. The SMILES string of the molecule is CCOC(=O)CCS(=O)(=O)Nc1cc(Cl)cc(C(=O)O)c1. The molecule has 1 aromatic rings. The van der Waals surface area contributed by atoms with E-state index in [-0.39, 0.29) is 29.3 Å². The number of benzene rings is 1. The van der Waals surface area contributed by atoms with Crippen LogP contribution in [0.1, 0.15) is 23.7 Å². The molecule has 21 heavy (non-hydrogen) atoms. The van der Waals surface area contributed by atoms with Gasteiger partial charge in [0.2, 0.25) is 10.0 Å².